The van der Waals surface area contributed by atoms with E-state index in [-0.39, 0.29) is 45.0 Å². The Morgan fingerprint density at radius 3 is 2.12 bits per heavy atom. The van der Waals surface area contributed by atoms with E-state index >= 15 is 0 Å². The van der Waals surface area contributed by atoms with Crippen molar-refractivity contribution < 1.29 is 38.5 Å². The van der Waals surface area contributed by atoms with Crippen LogP contribution in [-0.4, -0.2) is 56.5 Å². The smallest absolute Gasteiger partial charge is 0.279 e. The van der Waals surface area contributed by atoms with Gasteiger partial charge in [-0.2, -0.15) is 0 Å². The topological polar surface area (TPSA) is 152 Å². The predicted octanol–water partition coefficient (Wildman–Crippen LogP) is 4.41. The van der Waals surface area contributed by atoms with E-state index < -0.39 is 16.9 Å². The van der Waals surface area contributed by atoms with Crippen LogP contribution in [0.2, 0.25) is 0 Å². The summed E-state index contributed by atoms with van der Waals surface area (Å²) in [4.78, 5) is 29.3. The fourth-order valence-corrected chi connectivity index (χ4v) is 4.40. The third-order valence-corrected chi connectivity index (χ3v) is 6.32. The molecule has 0 aliphatic carbocycles. The second kappa shape index (κ2) is 11.6. The number of nitrogens with zero attached hydrogens (tertiary/aromatic N) is 2. The highest BCUT2D eigenvalue weighted by Crippen LogP contribution is 2.42. The number of aromatic hydroxyl groups is 1. The highest BCUT2D eigenvalue weighted by Gasteiger charge is 2.29. The number of nitro groups is 1. The van der Waals surface area contributed by atoms with Gasteiger partial charge >= 0.3 is 0 Å². The van der Waals surface area contributed by atoms with Crippen LogP contribution in [0.5, 0.6) is 34.5 Å². The first-order chi connectivity index (χ1) is 19.3. The van der Waals surface area contributed by atoms with Crippen molar-refractivity contribution in [3.05, 3.63) is 81.5 Å². The number of nitrogens with one attached hydrogen (secondary N) is 1. The van der Waals surface area contributed by atoms with Crippen molar-refractivity contribution in [1.29, 1.82) is 0 Å². The van der Waals surface area contributed by atoms with Gasteiger partial charge in [0.15, 0.2) is 23.0 Å². The third-order valence-electron chi connectivity index (χ3n) is 6.32. The lowest BCUT2D eigenvalue weighted by Crippen LogP contribution is -2.29. The number of aromatic nitrogens is 1. The highest BCUT2D eigenvalue weighted by atomic mass is 16.6. The van der Waals surface area contributed by atoms with Gasteiger partial charge in [-0.05, 0) is 42.0 Å². The van der Waals surface area contributed by atoms with Crippen molar-refractivity contribution in [3.63, 3.8) is 0 Å². The number of amides is 1. The van der Waals surface area contributed by atoms with Crippen molar-refractivity contribution in [2.45, 2.75) is 6.04 Å². The van der Waals surface area contributed by atoms with Crippen LogP contribution in [0.3, 0.4) is 0 Å². The average molecular weight is 550 g/mol. The molecule has 0 aliphatic heterocycles. The summed E-state index contributed by atoms with van der Waals surface area (Å²) in [6.07, 6.45) is 1.41. The van der Waals surface area contributed by atoms with Gasteiger partial charge in [-0.1, -0.05) is 6.07 Å². The van der Waals surface area contributed by atoms with Crippen LogP contribution in [0.15, 0.2) is 54.7 Å². The molecule has 1 heterocycles. The number of nitro benzene ring substituents is 1. The molecule has 0 radical (unpaired) electrons. The Bertz CT molecular complexity index is 1560. The lowest BCUT2D eigenvalue weighted by atomic mass is 9.94. The van der Waals surface area contributed by atoms with Crippen LogP contribution in [0.4, 0.5) is 5.69 Å². The van der Waals surface area contributed by atoms with E-state index in [1.807, 2.05) is 0 Å². The SMILES string of the molecule is COc1ccc([C@H](NC(=O)c2cc(OC)c(OC)c(OC)c2)c2cc([N+](=O)[O-])c3cccnc3c2O)cc1OC. The molecule has 40 heavy (non-hydrogen) atoms. The number of benzene rings is 3. The van der Waals surface area contributed by atoms with Gasteiger partial charge < -0.3 is 34.1 Å². The number of phenolic OH excluding ortho intramolecular Hbond substituents is 1. The Hall–Kier alpha value is -5.26. The minimum absolute atomic E-state index is 0.0132. The minimum Gasteiger partial charge on any atom is -0.505 e. The molecule has 0 saturated carbocycles. The molecule has 208 valence electrons. The van der Waals surface area contributed by atoms with Gasteiger partial charge in [0.1, 0.15) is 11.3 Å². The van der Waals surface area contributed by atoms with E-state index in [1.54, 1.807) is 18.2 Å². The summed E-state index contributed by atoms with van der Waals surface area (Å²) in [6.45, 7) is 0. The number of hydrogen-bond donors (Lipinski definition) is 2. The van der Waals surface area contributed by atoms with Crippen molar-refractivity contribution in [2.75, 3.05) is 35.5 Å². The molecular formula is C28H27N3O9. The molecule has 3 aromatic carbocycles. The second-order valence-electron chi connectivity index (χ2n) is 8.43. The number of rotatable bonds is 10. The predicted molar refractivity (Wildman–Crippen MR) is 145 cm³/mol. The molecule has 4 aromatic rings. The van der Waals surface area contributed by atoms with Crippen LogP contribution in [0.25, 0.3) is 10.9 Å². The summed E-state index contributed by atoms with van der Waals surface area (Å²) in [5.74, 6) is 0.655. The Kier molecular flexibility index (Phi) is 8.08. The maximum absolute atomic E-state index is 13.7. The number of hydrogen-bond acceptors (Lipinski definition) is 10. The molecule has 0 bridgehead atoms. The molecule has 12 heteroatoms. The van der Waals surface area contributed by atoms with Crippen LogP contribution < -0.4 is 29.0 Å². The number of carbonyl (C=O) groups excluding carboxylic acids is 1. The fraction of sp³-hybridized carbons (Fsp3) is 0.214. The Morgan fingerprint density at radius 1 is 0.900 bits per heavy atom. The Labute approximate surface area is 229 Å². The van der Waals surface area contributed by atoms with Gasteiger partial charge in [0.25, 0.3) is 11.6 Å². The van der Waals surface area contributed by atoms with Crippen molar-refractivity contribution in [1.82, 2.24) is 10.3 Å². The summed E-state index contributed by atoms with van der Waals surface area (Å²) >= 11 is 0. The standard InChI is InChI=1S/C28H27N3O9/c1-36-20-9-8-15(11-21(20)37-2)24(18-14-19(31(34)35)17-7-6-10-29-25(17)26(18)32)30-28(33)16-12-22(38-3)27(40-5)23(13-16)39-4/h6-14,24,32H,1-5H3,(H,30,33)/t24-/m0/s1. The van der Waals surface area contributed by atoms with Gasteiger partial charge in [-0.3, -0.25) is 19.9 Å². The highest BCUT2D eigenvalue weighted by molar-refractivity contribution is 5.97. The van der Waals surface area contributed by atoms with Crippen LogP contribution in [0, 0.1) is 10.1 Å². The Morgan fingerprint density at radius 2 is 1.55 bits per heavy atom. The number of non-ortho nitro benzene ring substituents is 1. The number of phenols is 1. The largest absolute Gasteiger partial charge is 0.505 e. The first-order valence-electron chi connectivity index (χ1n) is 11.9. The first kappa shape index (κ1) is 27.8. The number of pyridine rings is 1. The van der Waals surface area contributed by atoms with Crippen LogP contribution >= 0.6 is 0 Å². The lowest BCUT2D eigenvalue weighted by Gasteiger charge is -2.23. The van der Waals surface area contributed by atoms with Crippen LogP contribution in [-0.2, 0) is 0 Å². The summed E-state index contributed by atoms with van der Waals surface area (Å²) < 4.78 is 26.8. The molecule has 2 N–H and O–H groups in total. The third kappa shape index (κ3) is 5.06. The quantitative estimate of drug-likeness (QED) is 0.215. The van der Waals surface area contributed by atoms with Gasteiger partial charge in [-0.15, -0.1) is 0 Å². The Balaban J connectivity index is 1.92. The van der Waals surface area contributed by atoms with E-state index in [0.717, 1.165) is 0 Å². The molecule has 1 amide bonds. The molecule has 12 nitrogen and oxygen atoms in total. The number of ether oxygens (including phenoxy) is 5. The summed E-state index contributed by atoms with van der Waals surface area (Å²) in [5.41, 5.74) is 0.361. The lowest BCUT2D eigenvalue weighted by molar-refractivity contribution is -0.383. The molecule has 0 saturated heterocycles. The van der Waals surface area contributed by atoms with Crippen LogP contribution in [0.1, 0.15) is 27.5 Å². The monoisotopic (exact) mass is 549 g/mol. The van der Waals surface area contributed by atoms with E-state index in [9.17, 15) is 20.0 Å². The summed E-state index contributed by atoms with van der Waals surface area (Å²) in [5, 5.41) is 26.3. The van der Waals surface area contributed by atoms with Gasteiger partial charge in [0.05, 0.1) is 51.9 Å². The minimum atomic E-state index is -1.09. The zero-order valence-corrected chi connectivity index (χ0v) is 22.4. The number of carbonyl (C=O) groups is 1. The zero-order chi connectivity index (χ0) is 29.0. The number of methoxy groups -OCH3 is 5. The van der Waals surface area contributed by atoms with Crippen molar-refractivity contribution in [2.24, 2.45) is 0 Å². The normalized spacial score (nSPS) is 11.4. The van der Waals surface area contributed by atoms with Gasteiger partial charge in [-0.25, -0.2) is 0 Å². The maximum Gasteiger partial charge on any atom is 0.279 e. The van der Waals surface area contributed by atoms with E-state index in [1.165, 1.54) is 72.1 Å². The molecule has 0 aliphatic rings. The fourth-order valence-electron chi connectivity index (χ4n) is 4.40. The molecule has 1 atom stereocenters. The van der Waals surface area contributed by atoms with Crippen molar-refractivity contribution >= 4 is 22.5 Å². The van der Waals surface area contributed by atoms with E-state index in [0.29, 0.717) is 22.8 Å². The van der Waals surface area contributed by atoms with Crippen molar-refractivity contribution in [3.8, 4) is 34.5 Å². The molecule has 4 rings (SSSR count). The number of fused-ring (bicyclic) bond motifs is 1. The maximum atomic E-state index is 13.7. The first-order valence-corrected chi connectivity index (χ1v) is 11.9. The molecule has 0 spiro atoms. The molecule has 0 unspecified atom stereocenters. The zero-order valence-electron chi connectivity index (χ0n) is 22.4. The summed E-state index contributed by atoms with van der Waals surface area (Å²) in [7, 11) is 7.21. The van der Waals surface area contributed by atoms with Gasteiger partial charge in [0.2, 0.25) is 5.75 Å². The average Bonchev–Trinajstić information content (AvgIpc) is 2.98. The van der Waals surface area contributed by atoms with E-state index in [4.69, 9.17) is 23.7 Å². The second-order valence-corrected chi connectivity index (χ2v) is 8.43. The molecule has 0 fully saturated rings. The summed E-state index contributed by atoms with van der Waals surface area (Å²) in [6, 6.07) is 11.0. The van der Waals surface area contributed by atoms with E-state index in [2.05, 4.69) is 10.3 Å². The molecule has 1 aromatic heterocycles. The van der Waals surface area contributed by atoms with Gasteiger partial charge in [0, 0.05) is 23.4 Å². The molecular weight excluding hydrogens is 522 g/mol.